The summed E-state index contributed by atoms with van der Waals surface area (Å²) in [7, 11) is 0. The molecule has 88 valence electrons. The first-order chi connectivity index (χ1) is 7.67. The highest BCUT2D eigenvalue weighted by Crippen LogP contribution is 2.48. The molecule has 0 unspecified atom stereocenters. The van der Waals surface area contributed by atoms with Gasteiger partial charge in [0.2, 0.25) is 0 Å². The Morgan fingerprint density at radius 2 is 2.44 bits per heavy atom. The van der Waals surface area contributed by atoms with E-state index in [1.807, 2.05) is 0 Å². The van der Waals surface area contributed by atoms with E-state index in [9.17, 15) is 4.79 Å². The number of aromatic nitrogens is 1. The monoisotopic (exact) mass is 242 g/mol. The van der Waals surface area contributed by atoms with E-state index in [0.717, 1.165) is 19.3 Å². The number of carbonyl (C=O) groups is 1. The van der Waals surface area contributed by atoms with Crippen LogP contribution in [-0.4, -0.2) is 23.5 Å². The van der Waals surface area contributed by atoms with Gasteiger partial charge in [-0.25, -0.2) is 0 Å². The summed E-state index contributed by atoms with van der Waals surface area (Å²) in [5, 5.41) is 6.50. The Labute approximate surface area is 99.3 Å². The van der Waals surface area contributed by atoms with Gasteiger partial charge >= 0.3 is 0 Å². The molecule has 2 rings (SSSR count). The molecule has 0 bridgehead atoms. The number of alkyl halides is 1. The van der Waals surface area contributed by atoms with Crippen molar-refractivity contribution in [1.82, 2.24) is 10.5 Å². The quantitative estimate of drug-likeness (QED) is 0.805. The van der Waals surface area contributed by atoms with E-state index in [1.165, 1.54) is 6.20 Å². The number of aryl methyl sites for hydroxylation is 1. The van der Waals surface area contributed by atoms with Crippen LogP contribution < -0.4 is 5.32 Å². The maximum atomic E-state index is 11.8. The molecule has 1 aromatic rings. The Morgan fingerprint density at radius 3 is 2.94 bits per heavy atom. The van der Waals surface area contributed by atoms with Crippen molar-refractivity contribution in [1.29, 1.82) is 0 Å². The highest BCUT2D eigenvalue weighted by molar-refractivity contribution is 6.17. The van der Waals surface area contributed by atoms with Crippen molar-refractivity contribution in [3.05, 3.63) is 17.5 Å². The third-order valence-electron chi connectivity index (χ3n) is 3.20. The van der Waals surface area contributed by atoms with Crippen molar-refractivity contribution in [2.45, 2.75) is 26.2 Å². The summed E-state index contributed by atoms with van der Waals surface area (Å²) in [6.45, 7) is 2.43. The van der Waals surface area contributed by atoms with Crippen molar-refractivity contribution in [2.24, 2.45) is 5.41 Å². The fraction of sp³-hybridized carbons (Fsp3) is 0.636. The molecular weight excluding hydrogens is 228 g/mol. The van der Waals surface area contributed by atoms with Gasteiger partial charge in [0.1, 0.15) is 11.3 Å². The van der Waals surface area contributed by atoms with E-state index >= 15 is 0 Å². The number of hydrogen-bond donors (Lipinski definition) is 1. The van der Waals surface area contributed by atoms with Crippen molar-refractivity contribution < 1.29 is 9.32 Å². The molecule has 0 radical (unpaired) electrons. The van der Waals surface area contributed by atoms with Crippen LogP contribution in [0.2, 0.25) is 0 Å². The normalized spacial score (nSPS) is 17.1. The van der Waals surface area contributed by atoms with Crippen LogP contribution in [0.3, 0.4) is 0 Å². The minimum atomic E-state index is -0.111. The lowest BCUT2D eigenvalue weighted by Crippen LogP contribution is -2.30. The van der Waals surface area contributed by atoms with Crippen LogP contribution in [0.1, 0.15) is 35.4 Å². The summed E-state index contributed by atoms with van der Waals surface area (Å²) < 4.78 is 4.85. The van der Waals surface area contributed by atoms with Crippen LogP contribution in [0.5, 0.6) is 0 Å². The largest absolute Gasteiger partial charge is 0.361 e. The first-order valence-corrected chi connectivity index (χ1v) is 5.96. The Hall–Kier alpha value is -1.03. The van der Waals surface area contributed by atoms with Gasteiger partial charge in [-0.2, -0.15) is 0 Å². The number of hydrogen-bond acceptors (Lipinski definition) is 3. The third-order valence-corrected chi connectivity index (χ3v) is 3.39. The number of nitrogens with zero attached hydrogens (tertiary/aromatic N) is 1. The summed E-state index contributed by atoms with van der Waals surface area (Å²) in [4.78, 5) is 11.8. The van der Waals surface area contributed by atoms with Gasteiger partial charge in [0.15, 0.2) is 0 Å². The molecule has 0 aliphatic heterocycles. The molecule has 0 saturated heterocycles. The second-order valence-corrected chi connectivity index (χ2v) is 4.80. The fourth-order valence-electron chi connectivity index (χ4n) is 1.77. The zero-order chi connectivity index (χ0) is 11.6. The average molecular weight is 243 g/mol. The third kappa shape index (κ3) is 2.38. The highest BCUT2D eigenvalue weighted by atomic mass is 35.5. The van der Waals surface area contributed by atoms with E-state index in [-0.39, 0.29) is 11.3 Å². The van der Waals surface area contributed by atoms with Crippen LogP contribution >= 0.6 is 11.6 Å². The zero-order valence-corrected chi connectivity index (χ0v) is 10.0. The Morgan fingerprint density at radius 1 is 1.69 bits per heavy atom. The SMILES string of the molecule is Cc1oncc1C(=O)NCC1(CCCl)CC1. The number of carbonyl (C=O) groups excluding carboxylic acids is 1. The molecule has 1 saturated carbocycles. The molecule has 16 heavy (non-hydrogen) atoms. The van der Waals surface area contributed by atoms with Gasteiger partial charge in [-0.05, 0) is 31.6 Å². The molecule has 0 aromatic carbocycles. The van der Waals surface area contributed by atoms with Crippen LogP contribution in [-0.2, 0) is 0 Å². The van der Waals surface area contributed by atoms with Crippen molar-refractivity contribution in [2.75, 3.05) is 12.4 Å². The van der Waals surface area contributed by atoms with Crippen molar-refractivity contribution in [3.8, 4) is 0 Å². The van der Waals surface area contributed by atoms with E-state index < -0.39 is 0 Å². The van der Waals surface area contributed by atoms with E-state index in [0.29, 0.717) is 23.7 Å². The minimum absolute atomic E-state index is 0.111. The molecule has 1 fully saturated rings. The zero-order valence-electron chi connectivity index (χ0n) is 9.25. The Balaban J connectivity index is 1.87. The van der Waals surface area contributed by atoms with Gasteiger partial charge in [-0.3, -0.25) is 4.79 Å². The van der Waals surface area contributed by atoms with E-state index in [4.69, 9.17) is 16.1 Å². The summed E-state index contributed by atoms with van der Waals surface area (Å²) in [5.41, 5.74) is 0.768. The smallest absolute Gasteiger partial charge is 0.256 e. The molecule has 1 aliphatic carbocycles. The maximum absolute atomic E-state index is 11.8. The molecule has 1 aliphatic rings. The molecule has 1 amide bonds. The molecule has 4 nitrogen and oxygen atoms in total. The lowest BCUT2D eigenvalue weighted by molar-refractivity contribution is 0.0943. The Kier molecular flexibility index (Phi) is 3.19. The minimum Gasteiger partial charge on any atom is -0.361 e. The second kappa shape index (κ2) is 4.45. The number of rotatable bonds is 5. The van der Waals surface area contributed by atoms with Crippen molar-refractivity contribution in [3.63, 3.8) is 0 Å². The number of halogens is 1. The average Bonchev–Trinajstić information content (AvgIpc) is 2.89. The van der Waals surface area contributed by atoms with Gasteiger partial charge in [-0.1, -0.05) is 5.16 Å². The molecule has 1 aromatic heterocycles. The van der Waals surface area contributed by atoms with E-state index in [2.05, 4.69) is 10.5 Å². The van der Waals surface area contributed by atoms with E-state index in [1.54, 1.807) is 6.92 Å². The summed E-state index contributed by atoms with van der Waals surface area (Å²) in [6.07, 6.45) is 4.73. The predicted octanol–water partition coefficient (Wildman–Crippen LogP) is 2.12. The van der Waals surface area contributed by atoms with Crippen LogP contribution in [0.15, 0.2) is 10.7 Å². The number of nitrogens with one attached hydrogen (secondary N) is 1. The Bertz CT molecular complexity index is 385. The summed E-state index contributed by atoms with van der Waals surface area (Å²) in [5.74, 6) is 1.10. The van der Waals surface area contributed by atoms with Gasteiger partial charge in [-0.15, -0.1) is 11.6 Å². The predicted molar refractivity (Wildman–Crippen MR) is 60.6 cm³/mol. The first-order valence-electron chi connectivity index (χ1n) is 5.42. The molecular formula is C11H15ClN2O2. The lowest BCUT2D eigenvalue weighted by Gasteiger charge is -2.13. The van der Waals surface area contributed by atoms with Gasteiger partial charge in [0, 0.05) is 12.4 Å². The fourth-order valence-corrected chi connectivity index (χ4v) is 2.17. The first kappa shape index (κ1) is 11.5. The second-order valence-electron chi connectivity index (χ2n) is 4.42. The van der Waals surface area contributed by atoms with Gasteiger partial charge < -0.3 is 9.84 Å². The molecule has 1 N–H and O–H groups in total. The molecule has 0 atom stereocenters. The van der Waals surface area contributed by atoms with Gasteiger partial charge in [0.05, 0.1) is 6.20 Å². The van der Waals surface area contributed by atoms with Crippen LogP contribution in [0.25, 0.3) is 0 Å². The van der Waals surface area contributed by atoms with Crippen LogP contribution in [0, 0.1) is 12.3 Å². The summed E-state index contributed by atoms with van der Waals surface area (Å²) >= 11 is 5.73. The van der Waals surface area contributed by atoms with Crippen molar-refractivity contribution >= 4 is 17.5 Å². The molecule has 1 heterocycles. The topological polar surface area (TPSA) is 55.1 Å². The maximum Gasteiger partial charge on any atom is 0.256 e. The molecule has 0 spiro atoms. The summed E-state index contributed by atoms with van der Waals surface area (Å²) in [6, 6.07) is 0. The number of amides is 1. The molecule has 5 heteroatoms. The van der Waals surface area contributed by atoms with Gasteiger partial charge in [0.25, 0.3) is 5.91 Å². The highest BCUT2D eigenvalue weighted by Gasteiger charge is 2.41. The van der Waals surface area contributed by atoms with Crippen LogP contribution in [0.4, 0.5) is 0 Å². The standard InChI is InChI=1S/C11H15ClN2O2/c1-8-9(6-14-16-8)10(15)13-7-11(2-3-11)4-5-12/h6H,2-5,7H2,1H3,(H,13,15). The lowest BCUT2D eigenvalue weighted by atomic mass is 10.0.